The van der Waals surface area contributed by atoms with Crippen molar-refractivity contribution >= 4 is 29.0 Å². The first-order valence-electron chi connectivity index (χ1n) is 9.65. The van der Waals surface area contributed by atoms with Gasteiger partial charge < -0.3 is 10.1 Å². The van der Waals surface area contributed by atoms with Gasteiger partial charge >= 0.3 is 11.8 Å². The lowest BCUT2D eigenvalue weighted by Crippen LogP contribution is -2.46. The molecule has 0 bridgehead atoms. The van der Waals surface area contributed by atoms with Gasteiger partial charge in [-0.3, -0.25) is 15.0 Å². The Bertz CT molecular complexity index is 902. The fourth-order valence-electron chi connectivity index (χ4n) is 3.05. The number of nitro groups is 1. The summed E-state index contributed by atoms with van der Waals surface area (Å²) in [5, 5.41) is 14.2. The van der Waals surface area contributed by atoms with Gasteiger partial charge in [-0.1, -0.05) is 0 Å². The predicted octanol–water partition coefficient (Wildman–Crippen LogP) is 5.34. The van der Waals surface area contributed by atoms with E-state index in [2.05, 4.69) is 10.3 Å². The highest BCUT2D eigenvalue weighted by atomic mass is 16.6. The number of benzene rings is 1. The molecule has 154 valence electrons. The fraction of sp³-hybridized carbons (Fsp3) is 0.429. The number of hydrogen-bond donors (Lipinski definition) is 1. The number of carbonyl (C=O) groups is 1. The molecule has 0 atom stereocenters. The van der Waals surface area contributed by atoms with Gasteiger partial charge in [0.2, 0.25) is 5.82 Å². The van der Waals surface area contributed by atoms with Gasteiger partial charge in [-0.2, -0.15) is 0 Å². The Hall–Kier alpha value is -3.16. The van der Waals surface area contributed by atoms with Crippen molar-refractivity contribution < 1.29 is 14.5 Å². The van der Waals surface area contributed by atoms with Crippen molar-refractivity contribution in [1.29, 1.82) is 0 Å². The number of carbonyl (C=O) groups excluding carboxylic acids is 1. The molecule has 0 aliphatic heterocycles. The standard InChI is InChI=1S/C21H26N4O4/c1-14-8-13-18(25(27)28)19(22-14)23-15-9-11-17(12-10-15)24(16-6-5-7-16)20(26)29-21(2,3)4/h8-13,16H,5-7H2,1-4H3,(H,22,23). The van der Waals surface area contributed by atoms with E-state index in [1.807, 2.05) is 32.9 Å². The number of aryl methyl sites for hydroxylation is 1. The monoisotopic (exact) mass is 398 g/mol. The van der Waals surface area contributed by atoms with Crippen LogP contribution in [0.3, 0.4) is 0 Å². The SMILES string of the molecule is Cc1ccc([N+](=O)[O-])c(Nc2ccc(N(C(=O)OC(C)(C)C)C3CCC3)cc2)n1. The number of pyridine rings is 1. The minimum absolute atomic E-state index is 0.0930. The number of amides is 1. The van der Waals surface area contributed by atoms with E-state index >= 15 is 0 Å². The van der Waals surface area contributed by atoms with Gasteiger partial charge in [0.25, 0.3) is 0 Å². The highest BCUT2D eigenvalue weighted by molar-refractivity contribution is 5.89. The summed E-state index contributed by atoms with van der Waals surface area (Å²) in [6.45, 7) is 7.31. The zero-order valence-corrected chi connectivity index (χ0v) is 17.1. The molecular weight excluding hydrogens is 372 g/mol. The van der Waals surface area contributed by atoms with Gasteiger partial charge in [0.1, 0.15) is 5.60 Å². The van der Waals surface area contributed by atoms with Crippen LogP contribution < -0.4 is 10.2 Å². The van der Waals surface area contributed by atoms with E-state index in [1.165, 1.54) is 6.07 Å². The third-order valence-electron chi connectivity index (χ3n) is 4.65. The van der Waals surface area contributed by atoms with Crippen LogP contribution in [0.2, 0.25) is 0 Å². The first-order valence-corrected chi connectivity index (χ1v) is 9.65. The van der Waals surface area contributed by atoms with E-state index < -0.39 is 10.5 Å². The van der Waals surface area contributed by atoms with Crippen molar-refractivity contribution in [3.8, 4) is 0 Å². The Kier molecular flexibility index (Phi) is 5.72. The van der Waals surface area contributed by atoms with Crippen LogP contribution in [0.15, 0.2) is 36.4 Å². The topological polar surface area (TPSA) is 97.6 Å². The van der Waals surface area contributed by atoms with E-state index in [4.69, 9.17) is 4.74 Å². The lowest BCUT2D eigenvalue weighted by molar-refractivity contribution is -0.384. The number of rotatable bonds is 5. The smallest absolute Gasteiger partial charge is 0.415 e. The van der Waals surface area contributed by atoms with Crippen LogP contribution in [0, 0.1) is 17.0 Å². The van der Waals surface area contributed by atoms with E-state index in [9.17, 15) is 14.9 Å². The number of nitrogens with zero attached hydrogens (tertiary/aromatic N) is 3. The maximum atomic E-state index is 12.7. The zero-order valence-electron chi connectivity index (χ0n) is 17.1. The number of aromatic nitrogens is 1. The van der Waals surface area contributed by atoms with Crippen molar-refractivity contribution in [3.63, 3.8) is 0 Å². The molecule has 0 unspecified atom stereocenters. The second-order valence-electron chi connectivity index (χ2n) is 8.18. The largest absolute Gasteiger partial charge is 0.443 e. The van der Waals surface area contributed by atoms with Gasteiger partial charge in [-0.05, 0) is 77.3 Å². The molecule has 1 aromatic heterocycles. The van der Waals surface area contributed by atoms with Crippen molar-refractivity contribution in [2.75, 3.05) is 10.2 Å². The summed E-state index contributed by atoms with van der Waals surface area (Å²) in [4.78, 5) is 29.4. The molecule has 1 amide bonds. The van der Waals surface area contributed by atoms with Gasteiger partial charge in [0, 0.05) is 29.2 Å². The number of anilines is 3. The van der Waals surface area contributed by atoms with Crippen molar-refractivity contribution in [3.05, 3.63) is 52.2 Å². The normalized spacial score (nSPS) is 14.1. The summed E-state index contributed by atoms with van der Waals surface area (Å²) in [6, 6.07) is 10.3. The third kappa shape index (κ3) is 5.01. The third-order valence-corrected chi connectivity index (χ3v) is 4.65. The Balaban J connectivity index is 1.82. The molecule has 8 heteroatoms. The molecule has 29 heavy (non-hydrogen) atoms. The molecule has 1 aliphatic rings. The predicted molar refractivity (Wildman–Crippen MR) is 112 cm³/mol. The first-order chi connectivity index (χ1) is 13.6. The van der Waals surface area contributed by atoms with Crippen LogP contribution in [0.4, 0.5) is 27.7 Å². The summed E-state index contributed by atoms with van der Waals surface area (Å²) in [5.41, 5.74) is 1.39. The number of ether oxygens (including phenoxy) is 1. The molecule has 1 aromatic carbocycles. The lowest BCUT2D eigenvalue weighted by atomic mass is 9.91. The summed E-state index contributed by atoms with van der Waals surface area (Å²) < 4.78 is 5.58. The van der Waals surface area contributed by atoms with Crippen molar-refractivity contribution in [1.82, 2.24) is 4.98 Å². The van der Waals surface area contributed by atoms with Crippen LogP contribution >= 0.6 is 0 Å². The minimum atomic E-state index is -0.573. The molecule has 1 fully saturated rings. The van der Waals surface area contributed by atoms with E-state index in [0.717, 1.165) is 24.9 Å². The molecule has 2 aromatic rings. The van der Waals surface area contributed by atoms with E-state index in [1.54, 1.807) is 30.0 Å². The Morgan fingerprint density at radius 2 is 1.86 bits per heavy atom. The number of nitrogens with one attached hydrogen (secondary N) is 1. The summed E-state index contributed by atoms with van der Waals surface area (Å²) in [7, 11) is 0. The van der Waals surface area contributed by atoms with Crippen molar-refractivity contribution in [2.45, 2.75) is 58.6 Å². The maximum absolute atomic E-state index is 12.7. The van der Waals surface area contributed by atoms with E-state index in [0.29, 0.717) is 11.4 Å². The molecule has 1 aliphatic carbocycles. The minimum Gasteiger partial charge on any atom is -0.443 e. The number of hydrogen-bond acceptors (Lipinski definition) is 6. The quantitative estimate of drug-likeness (QED) is 0.539. The molecule has 1 saturated carbocycles. The average molecular weight is 398 g/mol. The Labute approximate surface area is 170 Å². The van der Waals surface area contributed by atoms with Crippen LogP contribution in [0.1, 0.15) is 45.7 Å². The van der Waals surface area contributed by atoms with Crippen LogP contribution in [-0.2, 0) is 4.74 Å². The molecule has 0 spiro atoms. The zero-order chi connectivity index (χ0) is 21.2. The highest BCUT2D eigenvalue weighted by Crippen LogP contribution is 2.33. The van der Waals surface area contributed by atoms with E-state index in [-0.39, 0.29) is 23.6 Å². The van der Waals surface area contributed by atoms with Gasteiger partial charge in [-0.15, -0.1) is 0 Å². The second-order valence-corrected chi connectivity index (χ2v) is 8.18. The molecule has 1 N–H and O–H groups in total. The van der Waals surface area contributed by atoms with Gasteiger partial charge in [-0.25, -0.2) is 9.78 Å². The summed E-state index contributed by atoms with van der Waals surface area (Å²) >= 11 is 0. The Morgan fingerprint density at radius 3 is 2.38 bits per heavy atom. The van der Waals surface area contributed by atoms with Crippen molar-refractivity contribution in [2.24, 2.45) is 0 Å². The van der Waals surface area contributed by atoms with Gasteiger partial charge in [0.05, 0.1) is 4.92 Å². The molecule has 0 saturated heterocycles. The van der Waals surface area contributed by atoms with Crippen LogP contribution in [0.25, 0.3) is 0 Å². The molecule has 0 radical (unpaired) electrons. The molecule has 8 nitrogen and oxygen atoms in total. The van der Waals surface area contributed by atoms with Crippen LogP contribution in [-0.4, -0.2) is 27.6 Å². The fourth-order valence-corrected chi connectivity index (χ4v) is 3.05. The van der Waals surface area contributed by atoms with Gasteiger partial charge in [0.15, 0.2) is 0 Å². The molecular formula is C21H26N4O4. The second kappa shape index (κ2) is 8.06. The highest BCUT2D eigenvalue weighted by Gasteiger charge is 2.33. The summed E-state index contributed by atoms with van der Waals surface area (Å²) in [6.07, 6.45) is 2.61. The molecule has 3 rings (SSSR count). The maximum Gasteiger partial charge on any atom is 0.415 e. The average Bonchev–Trinajstić information content (AvgIpc) is 2.57. The first kappa shape index (κ1) is 20.6. The Morgan fingerprint density at radius 1 is 1.21 bits per heavy atom. The summed E-state index contributed by atoms with van der Waals surface area (Å²) in [5.74, 6) is 0.186. The molecule has 1 heterocycles. The lowest BCUT2D eigenvalue weighted by Gasteiger charge is -2.38. The van der Waals surface area contributed by atoms with Crippen LogP contribution in [0.5, 0.6) is 0 Å².